The van der Waals surface area contributed by atoms with E-state index in [1.54, 1.807) is 0 Å². The highest BCUT2D eigenvalue weighted by Crippen LogP contribution is 2.32. The van der Waals surface area contributed by atoms with Crippen LogP contribution in [0, 0.1) is 0 Å². The molecule has 4 nitrogen and oxygen atoms in total. The van der Waals surface area contributed by atoms with Crippen LogP contribution in [0.4, 0.5) is 13.2 Å². The SMILES string of the molecule is FC(F)(F)Oc1ccc(-c2cnc(Cl)cn2)c(COC2CC2)c1. The predicted molar refractivity (Wildman–Crippen MR) is 77.0 cm³/mol. The summed E-state index contributed by atoms with van der Waals surface area (Å²) in [6.07, 6.45) is 0.205. The van der Waals surface area contributed by atoms with E-state index >= 15 is 0 Å². The van der Waals surface area contributed by atoms with Gasteiger partial charge in [-0.1, -0.05) is 11.6 Å². The zero-order chi connectivity index (χ0) is 16.4. The Balaban J connectivity index is 1.90. The van der Waals surface area contributed by atoms with Gasteiger partial charge >= 0.3 is 6.36 Å². The normalized spacial score (nSPS) is 14.8. The smallest absolute Gasteiger partial charge is 0.406 e. The molecule has 0 N–H and O–H groups in total. The van der Waals surface area contributed by atoms with Crippen LogP contribution in [0.3, 0.4) is 0 Å². The van der Waals surface area contributed by atoms with Gasteiger partial charge in [0.25, 0.3) is 0 Å². The fourth-order valence-electron chi connectivity index (χ4n) is 2.03. The van der Waals surface area contributed by atoms with Crippen molar-refractivity contribution in [2.24, 2.45) is 0 Å². The monoisotopic (exact) mass is 344 g/mol. The molecule has 23 heavy (non-hydrogen) atoms. The van der Waals surface area contributed by atoms with Crippen molar-refractivity contribution in [1.29, 1.82) is 0 Å². The average molecular weight is 345 g/mol. The molecule has 0 aliphatic heterocycles. The molecule has 0 bridgehead atoms. The van der Waals surface area contributed by atoms with Gasteiger partial charge in [-0.25, -0.2) is 4.98 Å². The molecule has 1 fully saturated rings. The summed E-state index contributed by atoms with van der Waals surface area (Å²) in [7, 11) is 0. The predicted octanol–water partition coefficient (Wildman–Crippen LogP) is 4.37. The van der Waals surface area contributed by atoms with Gasteiger partial charge in [-0.05, 0) is 36.6 Å². The number of ether oxygens (including phenoxy) is 2. The van der Waals surface area contributed by atoms with Crippen LogP contribution in [0.25, 0.3) is 11.3 Å². The van der Waals surface area contributed by atoms with Crippen LogP contribution in [0.5, 0.6) is 5.75 Å². The van der Waals surface area contributed by atoms with E-state index in [1.165, 1.54) is 30.6 Å². The van der Waals surface area contributed by atoms with E-state index in [0.29, 0.717) is 16.8 Å². The third kappa shape index (κ3) is 4.56. The summed E-state index contributed by atoms with van der Waals surface area (Å²) < 4.78 is 46.7. The number of hydrogen-bond acceptors (Lipinski definition) is 4. The molecule has 0 unspecified atom stereocenters. The molecule has 0 spiro atoms. The summed E-state index contributed by atoms with van der Waals surface area (Å²) in [6.45, 7) is 0.180. The van der Waals surface area contributed by atoms with Crippen LogP contribution in [0.15, 0.2) is 30.6 Å². The highest BCUT2D eigenvalue weighted by Gasteiger charge is 2.31. The summed E-state index contributed by atoms with van der Waals surface area (Å²) in [5.74, 6) is -0.294. The van der Waals surface area contributed by atoms with E-state index < -0.39 is 6.36 Å². The van der Waals surface area contributed by atoms with Crippen LogP contribution in [-0.4, -0.2) is 22.4 Å². The summed E-state index contributed by atoms with van der Waals surface area (Å²) in [6, 6.07) is 4.05. The second-order valence-electron chi connectivity index (χ2n) is 5.10. The quantitative estimate of drug-likeness (QED) is 0.807. The number of nitrogens with zero attached hydrogens (tertiary/aromatic N) is 2. The topological polar surface area (TPSA) is 44.2 Å². The average Bonchev–Trinajstić information content (AvgIpc) is 3.29. The number of alkyl halides is 3. The largest absolute Gasteiger partial charge is 0.573 e. The standard InChI is InChI=1S/C15H12ClF3N2O2/c16-14-7-20-13(6-21-14)12-4-3-11(23-15(17,18)19)5-9(12)8-22-10-1-2-10/h3-7,10H,1-2,8H2. The summed E-state index contributed by atoms with van der Waals surface area (Å²) >= 11 is 5.70. The first kappa shape index (κ1) is 16.0. The van der Waals surface area contributed by atoms with Gasteiger partial charge in [0.15, 0.2) is 0 Å². The van der Waals surface area contributed by atoms with E-state index in [9.17, 15) is 13.2 Å². The van der Waals surface area contributed by atoms with Gasteiger partial charge in [0.2, 0.25) is 0 Å². The Kier molecular flexibility index (Phi) is 4.41. The molecular formula is C15H12ClF3N2O2. The Morgan fingerprint density at radius 2 is 1.96 bits per heavy atom. The molecule has 1 heterocycles. The molecule has 0 radical (unpaired) electrons. The molecule has 0 atom stereocenters. The van der Waals surface area contributed by atoms with Gasteiger partial charge in [-0.3, -0.25) is 4.98 Å². The summed E-state index contributed by atoms with van der Waals surface area (Å²) in [4.78, 5) is 8.08. The molecule has 0 saturated heterocycles. The van der Waals surface area contributed by atoms with Crippen LogP contribution in [-0.2, 0) is 11.3 Å². The van der Waals surface area contributed by atoms with Crippen molar-refractivity contribution in [1.82, 2.24) is 9.97 Å². The third-order valence-corrected chi connectivity index (χ3v) is 3.40. The summed E-state index contributed by atoms with van der Waals surface area (Å²) in [5, 5.41) is 0.238. The van der Waals surface area contributed by atoms with E-state index in [-0.39, 0.29) is 23.6 Å². The fraction of sp³-hybridized carbons (Fsp3) is 0.333. The molecule has 1 aromatic carbocycles. The molecule has 122 valence electrons. The molecular weight excluding hydrogens is 333 g/mol. The van der Waals surface area contributed by atoms with Crippen molar-refractivity contribution in [2.75, 3.05) is 0 Å². The highest BCUT2D eigenvalue weighted by molar-refractivity contribution is 6.29. The molecule has 8 heteroatoms. The van der Waals surface area contributed by atoms with Gasteiger partial charge in [-0.2, -0.15) is 0 Å². The molecule has 1 aliphatic carbocycles. The minimum absolute atomic E-state index is 0.173. The van der Waals surface area contributed by atoms with Crippen LogP contribution in [0.2, 0.25) is 5.15 Å². The zero-order valence-electron chi connectivity index (χ0n) is 11.8. The van der Waals surface area contributed by atoms with E-state index in [4.69, 9.17) is 16.3 Å². The number of hydrogen-bond donors (Lipinski definition) is 0. The Morgan fingerprint density at radius 3 is 2.57 bits per heavy atom. The highest BCUT2D eigenvalue weighted by atomic mass is 35.5. The van der Waals surface area contributed by atoms with Gasteiger partial charge in [-0.15, -0.1) is 13.2 Å². The minimum atomic E-state index is -4.74. The molecule has 1 saturated carbocycles. The van der Waals surface area contributed by atoms with Crippen molar-refractivity contribution in [3.63, 3.8) is 0 Å². The van der Waals surface area contributed by atoms with Gasteiger partial charge in [0, 0.05) is 5.56 Å². The first-order chi connectivity index (χ1) is 10.9. The maximum absolute atomic E-state index is 12.4. The van der Waals surface area contributed by atoms with Gasteiger partial charge < -0.3 is 9.47 Å². The lowest BCUT2D eigenvalue weighted by Crippen LogP contribution is -2.17. The molecule has 0 amide bonds. The minimum Gasteiger partial charge on any atom is -0.406 e. The van der Waals surface area contributed by atoms with Crippen molar-refractivity contribution in [3.8, 4) is 17.0 Å². The second-order valence-corrected chi connectivity index (χ2v) is 5.49. The number of benzene rings is 1. The Bertz CT molecular complexity index is 688. The van der Waals surface area contributed by atoms with Crippen molar-refractivity contribution in [3.05, 3.63) is 41.3 Å². The second kappa shape index (κ2) is 6.33. The van der Waals surface area contributed by atoms with Gasteiger partial charge in [0.05, 0.1) is 30.8 Å². The Labute approximate surface area is 135 Å². The van der Waals surface area contributed by atoms with Crippen molar-refractivity contribution < 1.29 is 22.6 Å². The number of halogens is 4. The van der Waals surface area contributed by atoms with Crippen LogP contribution in [0.1, 0.15) is 18.4 Å². The number of rotatable bonds is 5. The zero-order valence-corrected chi connectivity index (χ0v) is 12.6. The lowest BCUT2D eigenvalue weighted by molar-refractivity contribution is -0.274. The number of aromatic nitrogens is 2. The molecule has 2 aromatic rings. The summed E-state index contributed by atoms with van der Waals surface area (Å²) in [5.41, 5.74) is 1.68. The van der Waals surface area contributed by atoms with E-state index in [0.717, 1.165) is 12.8 Å². The Morgan fingerprint density at radius 1 is 1.17 bits per heavy atom. The van der Waals surface area contributed by atoms with Crippen LogP contribution < -0.4 is 4.74 Å². The first-order valence-corrected chi connectivity index (χ1v) is 7.27. The molecule has 1 aliphatic rings. The first-order valence-electron chi connectivity index (χ1n) is 6.89. The fourth-order valence-corrected chi connectivity index (χ4v) is 2.13. The van der Waals surface area contributed by atoms with E-state index in [2.05, 4.69) is 14.7 Å². The maximum Gasteiger partial charge on any atom is 0.573 e. The van der Waals surface area contributed by atoms with Crippen molar-refractivity contribution in [2.45, 2.75) is 31.9 Å². The molecule has 3 rings (SSSR count). The lowest BCUT2D eigenvalue weighted by atomic mass is 10.0. The third-order valence-electron chi connectivity index (χ3n) is 3.21. The van der Waals surface area contributed by atoms with Crippen molar-refractivity contribution >= 4 is 11.6 Å². The maximum atomic E-state index is 12.4. The van der Waals surface area contributed by atoms with Gasteiger partial charge in [0.1, 0.15) is 10.9 Å². The van der Waals surface area contributed by atoms with Crippen LogP contribution >= 0.6 is 11.6 Å². The Hall–Kier alpha value is -1.86. The molecule has 1 aromatic heterocycles. The van der Waals surface area contributed by atoms with E-state index in [1.807, 2.05) is 0 Å². The lowest BCUT2D eigenvalue weighted by Gasteiger charge is -2.14.